The first-order chi connectivity index (χ1) is 18.5. The standard InChI is InChI=1S/C30H26ClN3O4/c1-38-17-26(18-8-3-2-4-9-18)34-29(35)19-14-15-20(22(16-19)30(36)37)27-21(10-7-11-23(27)31)28-32-24-12-5-6-13-25(24)33-28/h2-16,23,26-27H,17H2,1H3,(H,32,33)(H,34,35)(H,36,37)/t23-,26+,27?/m0/s1. The predicted molar refractivity (Wildman–Crippen MR) is 148 cm³/mol. The highest BCUT2D eigenvalue weighted by Gasteiger charge is 2.32. The van der Waals surface area contributed by atoms with Crippen LogP contribution < -0.4 is 5.32 Å². The van der Waals surface area contributed by atoms with E-state index in [9.17, 15) is 14.7 Å². The monoisotopic (exact) mass is 527 g/mol. The quantitative estimate of drug-likeness (QED) is 0.254. The summed E-state index contributed by atoms with van der Waals surface area (Å²) < 4.78 is 5.30. The van der Waals surface area contributed by atoms with Crippen LogP contribution >= 0.6 is 11.6 Å². The molecular formula is C30H26ClN3O4. The number of aromatic amines is 1. The molecular weight excluding hydrogens is 502 g/mol. The van der Waals surface area contributed by atoms with E-state index in [1.807, 2.05) is 72.8 Å². The number of amides is 1. The van der Waals surface area contributed by atoms with Crippen LogP contribution in [0.1, 0.15) is 49.6 Å². The van der Waals surface area contributed by atoms with Crippen molar-refractivity contribution in [3.05, 3.63) is 119 Å². The van der Waals surface area contributed by atoms with E-state index in [0.29, 0.717) is 11.4 Å². The average Bonchev–Trinajstić information content (AvgIpc) is 3.37. The number of halogens is 1. The minimum atomic E-state index is -1.14. The number of aromatic carboxylic acids is 1. The van der Waals surface area contributed by atoms with Crippen LogP contribution in [-0.4, -0.2) is 46.0 Å². The first kappa shape index (κ1) is 25.4. The molecule has 7 nitrogen and oxygen atoms in total. The minimum absolute atomic E-state index is 0.00798. The molecule has 3 aromatic carbocycles. The fourth-order valence-corrected chi connectivity index (χ4v) is 5.13. The number of rotatable bonds is 8. The summed E-state index contributed by atoms with van der Waals surface area (Å²) >= 11 is 6.76. The minimum Gasteiger partial charge on any atom is -0.478 e. The van der Waals surface area contributed by atoms with E-state index in [4.69, 9.17) is 21.3 Å². The maximum Gasteiger partial charge on any atom is 0.336 e. The maximum atomic E-state index is 13.2. The van der Waals surface area contributed by atoms with Crippen molar-refractivity contribution >= 4 is 40.1 Å². The van der Waals surface area contributed by atoms with E-state index in [1.54, 1.807) is 19.2 Å². The second kappa shape index (κ2) is 11.0. The Morgan fingerprint density at radius 2 is 1.87 bits per heavy atom. The summed E-state index contributed by atoms with van der Waals surface area (Å²) in [5, 5.41) is 12.6. The van der Waals surface area contributed by atoms with Crippen LogP contribution in [0.2, 0.25) is 0 Å². The number of allylic oxidation sites excluding steroid dienone is 4. The number of carboxylic acid groups (broad SMARTS) is 1. The van der Waals surface area contributed by atoms with E-state index in [1.165, 1.54) is 6.07 Å². The molecule has 192 valence electrons. The van der Waals surface area contributed by atoms with Crippen molar-refractivity contribution in [2.45, 2.75) is 17.3 Å². The Kier molecular flexibility index (Phi) is 7.40. The summed E-state index contributed by atoms with van der Waals surface area (Å²) in [6.07, 6.45) is 5.56. The highest BCUT2D eigenvalue weighted by molar-refractivity contribution is 6.23. The lowest BCUT2D eigenvalue weighted by Crippen LogP contribution is -2.31. The normalized spacial score (nSPS) is 17.7. The Bertz CT molecular complexity index is 1510. The summed E-state index contributed by atoms with van der Waals surface area (Å²) in [6.45, 7) is 0.271. The van der Waals surface area contributed by atoms with Gasteiger partial charge in [-0.25, -0.2) is 9.78 Å². The van der Waals surface area contributed by atoms with E-state index >= 15 is 0 Å². The molecule has 1 aromatic heterocycles. The maximum absolute atomic E-state index is 13.2. The Hall–Kier alpha value is -4.20. The third-order valence-corrected chi connectivity index (χ3v) is 7.01. The summed E-state index contributed by atoms with van der Waals surface area (Å²) in [5.74, 6) is -1.41. The Morgan fingerprint density at radius 3 is 2.61 bits per heavy atom. The molecule has 0 saturated heterocycles. The van der Waals surface area contributed by atoms with Crippen molar-refractivity contribution in [1.82, 2.24) is 15.3 Å². The zero-order chi connectivity index (χ0) is 26.6. The highest BCUT2D eigenvalue weighted by atomic mass is 35.5. The molecule has 0 bridgehead atoms. The number of methoxy groups -OCH3 is 1. The van der Waals surface area contributed by atoms with Crippen molar-refractivity contribution in [2.75, 3.05) is 13.7 Å². The van der Waals surface area contributed by atoms with Crippen LogP contribution in [-0.2, 0) is 4.74 Å². The Balaban J connectivity index is 1.49. The van der Waals surface area contributed by atoms with Gasteiger partial charge in [0.15, 0.2) is 0 Å². The van der Waals surface area contributed by atoms with Gasteiger partial charge in [-0.1, -0.05) is 66.8 Å². The molecule has 1 amide bonds. The van der Waals surface area contributed by atoms with Crippen LogP contribution in [0.25, 0.3) is 16.6 Å². The lowest BCUT2D eigenvalue weighted by molar-refractivity contribution is 0.0695. The van der Waals surface area contributed by atoms with Gasteiger partial charge in [-0.05, 0) is 35.4 Å². The van der Waals surface area contributed by atoms with E-state index < -0.39 is 23.2 Å². The largest absolute Gasteiger partial charge is 0.478 e. The zero-order valence-electron chi connectivity index (χ0n) is 20.6. The highest BCUT2D eigenvalue weighted by Crippen LogP contribution is 2.41. The van der Waals surface area contributed by atoms with Crippen LogP contribution in [0.3, 0.4) is 0 Å². The number of nitrogens with one attached hydrogen (secondary N) is 2. The number of carbonyl (C=O) groups is 2. The lowest BCUT2D eigenvalue weighted by Gasteiger charge is -2.27. The molecule has 0 saturated carbocycles. The van der Waals surface area contributed by atoms with Crippen molar-refractivity contribution < 1.29 is 19.4 Å². The summed E-state index contributed by atoms with van der Waals surface area (Å²) in [5.41, 5.74) is 4.07. The number of nitrogens with zero attached hydrogens (tertiary/aromatic N) is 1. The number of aromatic nitrogens is 2. The number of hydrogen-bond donors (Lipinski definition) is 3. The Morgan fingerprint density at radius 1 is 1.11 bits per heavy atom. The molecule has 5 rings (SSSR count). The Labute approximate surface area is 224 Å². The van der Waals surface area contributed by atoms with Crippen LogP contribution in [0.5, 0.6) is 0 Å². The molecule has 8 heteroatoms. The molecule has 1 heterocycles. The summed E-state index contributed by atoms with van der Waals surface area (Å²) in [6, 6.07) is 21.4. The number of fused-ring (bicyclic) bond motifs is 1. The summed E-state index contributed by atoms with van der Waals surface area (Å²) in [7, 11) is 1.56. The van der Waals surface area contributed by atoms with Crippen LogP contribution in [0, 0.1) is 0 Å². The topological polar surface area (TPSA) is 104 Å². The number of carbonyl (C=O) groups excluding carboxylic acids is 1. The molecule has 1 aliphatic rings. The third kappa shape index (κ3) is 5.11. The van der Waals surface area contributed by atoms with Crippen molar-refractivity contribution in [3.8, 4) is 0 Å². The number of para-hydroxylation sites is 2. The van der Waals surface area contributed by atoms with Gasteiger partial charge in [0.2, 0.25) is 0 Å². The second-order valence-corrected chi connectivity index (χ2v) is 9.53. The smallest absolute Gasteiger partial charge is 0.336 e. The van der Waals surface area contributed by atoms with Gasteiger partial charge in [-0.15, -0.1) is 11.6 Å². The van der Waals surface area contributed by atoms with Crippen molar-refractivity contribution in [1.29, 1.82) is 0 Å². The molecule has 0 spiro atoms. The van der Waals surface area contributed by atoms with Gasteiger partial charge >= 0.3 is 5.97 Å². The fraction of sp³-hybridized carbons (Fsp3) is 0.167. The van der Waals surface area contributed by atoms with Gasteiger partial charge in [-0.3, -0.25) is 4.79 Å². The van der Waals surface area contributed by atoms with Crippen LogP contribution in [0.15, 0.2) is 91.0 Å². The molecule has 3 atom stereocenters. The molecule has 4 aromatic rings. The molecule has 1 aliphatic carbocycles. The van der Waals surface area contributed by atoms with Crippen molar-refractivity contribution in [2.24, 2.45) is 0 Å². The van der Waals surface area contributed by atoms with Gasteiger partial charge in [0.1, 0.15) is 5.82 Å². The zero-order valence-corrected chi connectivity index (χ0v) is 21.4. The number of benzene rings is 3. The van der Waals surface area contributed by atoms with Crippen molar-refractivity contribution in [3.63, 3.8) is 0 Å². The fourth-order valence-electron chi connectivity index (χ4n) is 4.78. The van der Waals surface area contributed by atoms with E-state index in [0.717, 1.165) is 22.2 Å². The lowest BCUT2D eigenvalue weighted by atomic mass is 9.81. The molecule has 0 radical (unpaired) electrons. The first-order valence-electron chi connectivity index (χ1n) is 12.2. The summed E-state index contributed by atoms with van der Waals surface area (Å²) in [4.78, 5) is 33.6. The molecule has 3 N–H and O–H groups in total. The number of carboxylic acids is 1. The molecule has 1 unspecified atom stereocenters. The van der Waals surface area contributed by atoms with Gasteiger partial charge < -0.3 is 20.1 Å². The number of H-pyrrole nitrogens is 1. The van der Waals surface area contributed by atoms with E-state index in [2.05, 4.69) is 10.3 Å². The first-order valence-corrected chi connectivity index (χ1v) is 12.6. The number of ether oxygens (including phenoxy) is 1. The average molecular weight is 528 g/mol. The van der Waals surface area contributed by atoms with Gasteiger partial charge in [-0.2, -0.15) is 0 Å². The SMILES string of the molecule is COC[C@@H](NC(=O)c1ccc(C2C(c3nc4ccccc4[nH]3)=CC=C[C@@H]2Cl)c(C(=O)O)c1)c1ccccc1. The molecule has 38 heavy (non-hydrogen) atoms. The van der Waals surface area contributed by atoms with Crippen LogP contribution in [0.4, 0.5) is 0 Å². The predicted octanol–water partition coefficient (Wildman–Crippen LogP) is 5.72. The second-order valence-electron chi connectivity index (χ2n) is 9.03. The van der Waals surface area contributed by atoms with E-state index in [-0.39, 0.29) is 23.8 Å². The number of alkyl halides is 1. The third-order valence-electron chi connectivity index (χ3n) is 6.61. The number of hydrogen-bond acceptors (Lipinski definition) is 4. The molecule has 0 aliphatic heterocycles. The number of imidazole rings is 1. The van der Waals surface area contributed by atoms with Gasteiger partial charge in [0, 0.05) is 24.2 Å². The van der Waals surface area contributed by atoms with Gasteiger partial charge in [0.25, 0.3) is 5.91 Å². The molecule has 0 fully saturated rings. The van der Waals surface area contributed by atoms with Gasteiger partial charge in [0.05, 0.1) is 34.6 Å².